The summed E-state index contributed by atoms with van der Waals surface area (Å²) in [5.41, 5.74) is 3.02. The van der Waals surface area contributed by atoms with E-state index < -0.39 is 10.0 Å². The Kier molecular flexibility index (Phi) is 4.53. The molecule has 1 N–H and O–H groups in total. The summed E-state index contributed by atoms with van der Waals surface area (Å²) >= 11 is 0. The molecular weight excluding hydrogens is 364 g/mol. The molecule has 4 rings (SSSR count). The minimum atomic E-state index is -3.74. The highest BCUT2D eigenvalue weighted by atomic mass is 32.2. The molecule has 0 saturated carbocycles. The zero-order valence-corrected chi connectivity index (χ0v) is 16.0. The molecule has 2 heterocycles. The lowest BCUT2D eigenvalue weighted by Gasteiger charge is -2.25. The van der Waals surface area contributed by atoms with E-state index in [4.69, 9.17) is 4.52 Å². The van der Waals surface area contributed by atoms with Crippen molar-refractivity contribution in [3.63, 3.8) is 0 Å². The van der Waals surface area contributed by atoms with Gasteiger partial charge >= 0.3 is 0 Å². The van der Waals surface area contributed by atoms with Gasteiger partial charge in [0.05, 0.1) is 6.04 Å². The molecule has 0 fully saturated rings. The zero-order valence-electron chi connectivity index (χ0n) is 15.1. The van der Waals surface area contributed by atoms with Gasteiger partial charge in [-0.1, -0.05) is 35.5 Å². The molecule has 0 radical (unpaired) electrons. The number of nitrogens with zero attached hydrogens (tertiary/aromatic N) is 3. The van der Waals surface area contributed by atoms with Crippen LogP contribution < -0.4 is 4.72 Å². The second-order valence-corrected chi connectivity index (χ2v) is 8.33. The molecule has 0 spiro atoms. The molecule has 7 nitrogen and oxygen atoms in total. The third-order valence-corrected chi connectivity index (χ3v) is 6.46. The van der Waals surface area contributed by atoms with Gasteiger partial charge in [0.15, 0.2) is 11.6 Å². The molecule has 0 amide bonds. The van der Waals surface area contributed by atoms with Crippen molar-refractivity contribution in [2.75, 3.05) is 0 Å². The van der Waals surface area contributed by atoms with Gasteiger partial charge in [-0.05, 0) is 33.1 Å². The van der Waals surface area contributed by atoms with Crippen LogP contribution in [0.4, 0.5) is 0 Å². The molecular formula is C19H20N4O3S. The minimum Gasteiger partial charge on any atom is -0.360 e. The van der Waals surface area contributed by atoms with E-state index in [9.17, 15) is 8.42 Å². The van der Waals surface area contributed by atoms with E-state index in [-0.39, 0.29) is 16.7 Å². The van der Waals surface area contributed by atoms with E-state index in [2.05, 4.69) is 19.8 Å². The van der Waals surface area contributed by atoms with Gasteiger partial charge in [-0.2, -0.15) is 0 Å². The first-order valence-electron chi connectivity index (χ1n) is 8.82. The average Bonchev–Trinajstić information content (AvgIpc) is 3.01. The number of sulfonamides is 1. The summed E-state index contributed by atoms with van der Waals surface area (Å²) in [5.74, 6) is 0.940. The van der Waals surface area contributed by atoms with Crippen molar-refractivity contribution in [2.24, 2.45) is 0 Å². The van der Waals surface area contributed by atoms with Crippen LogP contribution in [0.3, 0.4) is 0 Å². The highest BCUT2D eigenvalue weighted by Gasteiger charge is 2.30. The van der Waals surface area contributed by atoms with E-state index in [1.807, 2.05) is 30.3 Å². The number of hydrogen-bond acceptors (Lipinski definition) is 6. The number of rotatable bonds is 4. The Bertz CT molecular complexity index is 1060. The fourth-order valence-corrected chi connectivity index (χ4v) is 5.08. The zero-order chi connectivity index (χ0) is 19.0. The maximum Gasteiger partial charge on any atom is 0.246 e. The van der Waals surface area contributed by atoms with Crippen molar-refractivity contribution in [2.45, 2.75) is 44.0 Å². The third-order valence-electron chi connectivity index (χ3n) is 4.75. The molecule has 1 atom stereocenters. The Morgan fingerprint density at radius 1 is 1.19 bits per heavy atom. The van der Waals surface area contributed by atoms with Crippen molar-refractivity contribution < 1.29 is 12.9 Å². The quantitative estimate of drug-likeness (QED) is 0.742. The van der Waals surface area contributed by atoms with Crippen LogP contribution in [-0.2, 0) is 16.4 Å². The summed E-state index contributed by atoms with van der Waals surface area (Å²) in [6.45, 7) is 3.22. The summed E-state index contributed by atoms with van der Waals surface area (Å²) in [6, 6.07) is 9.39. The van der Waals surface area contributed by atoms with E-state index in [1.54, 1.807) is 20.0 Å². The lowest BCUT2D eigenvalue weighted by molar-refractivity contribution is 0.390. The van der Waals surface area contributed by atoms with Crippen LogP contribution in [0.25, 0.3) is 11.4 Å². The molecule has 140 valence electrons. The first-order chi connectivity index (χ1) is 13.0. The third kappa shape index (κ3) is 3.38. The number of aromatic nitrogens is 3. The Balaban J connectivity index is 1.66. The van der Waals surface area contributed by atoms with Crippen molar-refractivity contribution in [1.82, 2.24) is 19.8 Å². The summed E-state index contributed by atoms with van der Waals surface area (Å²) < 4.78 is 33.5. The van der Waals surface area contributed by atoms with Crippen LogP contribution in [0.5, 0.6) is 0 Å². The second-order valence-electron chi connectivity index (χ2n) is 6.68. The smallest absolute Gasteiger partial charge is 0.246 e. The second kappa shape index (κ2) is 6.86. The molecule has 2 aromatic heterocycles. The summed E-state index contributed by atoms with van der Waals surface area (Å²) in [5, 5.41) is 3.75. The van der Waals surface area contributed by atoms with E-state index >= 15 is 0 Å². The van der Waals surface area contributed by atoms with Crippen molar-refractivity contribution in [3.05, 3.63) is 59.2 Å². The van der Waals surface area contributed by atoms with Gasteiger partial charge in [-0.25, -0.2) is 23.1 Å². The van der Waals surface area contributed by atoms with Crippen LogP contribution in [0, 0.1) is 13.8 Å². The fraction of sp³-hybridized carbons (Fsp3) is 0.316. The molecule has 1 aliphatic carbocycles. The highest BCUT2D eigenvalue weighted by molar-refractivity contribution is 7.89. The topological polar surface area (TPSA) is 98.0 Å². The number of benzene rings is 1. The first kappa shape index (κ1) is 17.8. The predicted octanol–water partition coefficient (Wildman–Crippen LogP) is 3.10. The van der Waals surface area contributed by atoms with Crippen LogP contribution in [0.2, 0.25) is 0 Å². The van der Waals surface area contributed by atoms with Gasteiger partial charge in [-0.15, -0.1) is 0 Å². The molecule has 1 aliphatic rings. The summed E-state index contributed by atoms with van der Waals surface area (Å²) in [6.07, 6.45) is 4.10. The van der Waals surface area contributed by atoms with Gasteiger partial charge < -0.3 is 4.52 Å². The van der Waals surface area contributed by atoms with Crippen molar-refractivity contribution >= 4 is 10.0 Å². The number of aryl methyl sites for hydroxylation is 3. The van der Waals surface area contributed by atoms with Gasteiger partial charge in [0.1, 0.15) is 10.6 Å². The van der Waals surface area contributed by atoms with Crippen molar-refractivity contribution in [1.29, 1.82) is 0 Å². The molecule has 3 aromatic rings. The van der Waals surface area contributed by atoms with Crippen LogP contribution in [-0.4, -0.2) is 23.5 Å². The van der Waals surface area contributed by atoms with Crippen LogP contribution in [0.1, 0.15) is 41.6 Å². The maximum absolute atomic E-state index is 12.8. The normalized spacial score (nSPS) is 16.9. The Morgan fingerprint density at radius 3 is 2.67 bits per heavy atom. The number of fused-ring (bicyclic) bond motifs is 1. The standard InChI is InChI=1S/C19H20N4O3S/c1-12-18(13(2)26-22-12)27(24,25)23-17-10-6-9-16-15(17)11-20-19(21-16)14-7-4-3-5-8-14/h3-5,7-8,11,17,23H,6,9-10H2,1-2H3/t17-/m0/s1. The lowest BCUT2D eigenvalue weighted by Crippen LogP contribution is -2.32. The van der Waals surface area contributed by atoms with Gasteiger partial charge in [0, 0.05) is 23.0 Å². The Labute approximate surface area is 157 Å². The summed E-state index contributed by atoms with van der Waals surface area (Å²) in [4.78, 5) is 9.26. The SMILES string of the molecule is Cc1noc(C)c1S(=O)(=O)N[C@H]1CCCc2nc(-c3ccccc3)ncc21. The first-order valence-corrected chi connectivity index (χ1v) is 10.3. The van der Waals surface area contributed by atoms with Crippen molar-refractivity contribution in [3.8, 4) is 11.4 Å². The molecule has 0 unspecified atom stereocenters. The number of hydrogen-bond donors (Lipinski definition) is 1. The Morgan fingerprint density at radius 2 is 1.96 bits per heavy atom. The minimum absolute atomic E-state index is 0.108. The van der Waals surface area contributed by atoms with E-state index in [0.29, 0.717) is 17.9 Å². The monoisotopic (exact) mass is 384 g/mol. The van der Waals surface area contributed by atoms with E-state index in [1.165, 1.54) is 0 Å². The fourth-order valence-electron chi connectivity index (χ4n) is 3.50. The van der Waals surface area contributed by atoms with Crippen LogP contribution >= 0.6 is 0 Å². The predicted molar refractivity (Wildman–Crippen MR) is 99.4 cm³/mol. The Hall–Kier alpha value is -2.58. The largest absolute Gasteiger partial charge is 0.360 e. The van der Waals surface area contributed by atoms with E-state index in [0.717, 1.165) is 29.7 Å². The number of nitrogens with one attached hydrogen (secondary N) is 1. The lowest BCUT2D eigenvalue weighted by atomic mass is 9.93. The molecule has 0 saturated heterocycles. The molecule has 1 aromatic carbocycles. The highest BCUT2D eigenvalue weighted by Crippen LogP contribution is 2.31. The van der Waals surface area contributed by atoms with Gasteiger partial charge in [0.25, 0.3) is 0 Å². The molecule has 0 aliphatic heterocycles. The van der Waals surface area contributed by atoms with Crippen LogP contribution in [0.15, 0.2) is 45.9 Å². The maximum atomic E-state index is 12.8. The van der Waals surface area contributed by atoms with Gasteiger partial charge in [-0.3, -0.25) is 0 Å². The van der Waals surface area contributed by atoms with Gasteiger partial charge in [0.2, 0.25) is 10.0 Å². The summed E-state index contributed by atoms with van der Waals surface area (Å²) in [7, 11) is -3.74. The average molecular weight is 384 g/mol. The molecule has 0 bridgehead atoms. The molecule has 8 heteroatoms. The molecule has 27 heavy (non-hydrogen) atoms.